The van der Waals surface area contributed by atoms with E-state index in [-0.39, 0.29) is 32.7 Å². The van der Waals surface area contributed by atoms with Crippen molar-refractivity contribution in [1.82, 2.24) is 0 Å². The maximum atomic E-state index is 12.1. The van der Waals surface area contributed by atoms with Crippen molar-refractivity contribution in [2.75, 3.05) is 7.11 Å². The molecule has 114 valence electrons. The number of carbonyl (C=O) groups excluding carboxylic acids is 1. The van der Waals surface area contributed by atoms with Crippen molar-refractivity contribution in [1.29, 1.82) is 0 Å². The summed E-state index contributed by atoms with van der Waals surface area (Å²) in [4.78, 5) is 23.1. The van der Waals surface area contributed by atoms with Crippen molar-refractivity contribution in [2.45, 2.75) is 0 Å². The normalized spacial score (nSPS) is 10.1. The van der Waals surface area contributed by atoms with Crippen LogP contribution in [0.3, 0.4) is 0 Å². The Morgan fingerprint density at radius 1 is 1.09 bits per heavy atom. The third kappa shape index (κ3) is 3.32. The molecule has 2 aromatic carbocycles. The highest BCUT2D eigenvalue weighted by Crippen LogP contribution is 2.37. The van der Waals surface area contributed by atoms with E-state index in [2.05, 4.69) is 0 Å². The number of rotatable bonds is 4. The topological polar surface area (TPSA) is 72.8 Å². The number of aromatic carboxylic acids is 1. The van der Waals surface area contributed by atoms with E-state index >= 15 is 0 Å². The zero-order chi connectivity index (χ0) is 16.3. The molecule has 7 heteroatoms. The van der Waals surface area contributed by atoms with Gasteiger partial charge in [0.15, 0.2) is 11.5 Å². The fourth-order valence-corrected chi connectivity index (χ4v) is 2.18. The first-order chi connectivity index (χ1) is 10.4. The molecule has 0 unspecified atom stereocenters. The summed E-state index contributed by atoms with van der Waals surface area (Å²) in [6, 6.07) is 8.73. The molecule has 2 aromatic rings. The molecule has 0 saturated carbocycles. The fourth-order valence-electron chi connectivity index (χ4n) is 1.72. The van der Waals surface area contributed by atoms with Gasteiger partial charge in [-0.25, -0.2) is 9.59 Å². The average molecular weight is 341 g/mol. The molecule has 0 bridgehead atoms. The van der Waals surface area contributed by atoms with Crippen LogP contribution in [0.4, 0.5) is 0 Å². The first-order valence-corrected chi connectivity index (χ1v) is 6.77. The Kier molecular flexibility index (Phi) is 4.90. The summed E-state index contributed by atoms with van der Waals surface area (Å²) in [5, 5.41) is 9.15. The van der Waals surface area contributed by atoms with Gasteiger partial charge in [0.1, 0.15) is 0 Å². The number of benzene rings is 2. The van der Waals surface area contributed by atoms with Gasteiger partial charge in [0, 0.05) is 0 Å². The van der Waals surface area contributed by atoms with Gasteiger partial charge in [0.2, 0.25) is 0 Å². The quantitative estimate of drug-likeness (QED) is 0.674. The zero-order valence-corrected chi connectivity index (χ0v) is 12.8. The second kappa shape index (κ2) is 6.68. The van der Waals surface area contributed by atoms with Gasteiger partial charge < -0.3 is 14.6 Å². The summed E-state index contributed by atoms with van der Waals surface area (Å²) in [6.07, 6.45) is 0. The minimum atomic E-state index is -1.18. The van der Waals surface area contributed by atoms with Gasteiger partial charge in [-0.2, -0.15) is 0 Å². The van der Waals surface area contributed by atoms with Gasteiger partial charge in [0.05, 0.1) is 28.3 Å². The third-order valence-electron chi connectivity index (χ3n) is 2.76. The number of hydrogen-bond donors (Lipinski definition) is 1. The van der Waals surface area contributed by atoms with E-state index < -0.39 is 11.9 Å². The number of ether oxygens (including phenoxy) is 2. The van der Waals surface area contributed by atoms with Crippen LogP contribution in [0.1, 0.15) is 20.7 Å². The molecule has 5 nitrogen and oxygen atoms in total. The Hall–Kier alpha value is -2.24. The highest BCUT2D eigenvalue weighted by molar-refractivity contribution is 6.34. The number of carbonyl (C=O) groups is 2. The summed E-state index contributed by atoms with van der Waals surface area (Å²) in [6.45, 7) is 0. The minimum absolute atomic E-state index is 0.0327. The molecule has 0 aliphatic carbocycles. The predicted molar refractivity (Wildman–Crippen MR) is 81.4 cm³/mol. The summed E-state index contributed by atoms with van der Waals surface area (Å²) in [5.41, 5.74) is 0.0731. The fraction of sp³-hybridized carbons (Fsp3) is 0.0667. The van der Waals surface area contributed by atoms with Crippen LogP contribution in [0, 0.1) is 0 Å². The summed E-state index contributed by atoms with van der Waals surface area (Å²) < 4.78 is 10.2. The van der Waals surface area contributed by atoms with Crippen LogP contribution in [0.15, 0.2) is 36.4 Å². The van der Waals surface area contributed by atoms with Crippen LogP contribution < -0.4 is 9.47 Å². The molecule has 0 spiro atoms. The van der Waals surface area contributed by atoms with Gasteiger partial charge in [-0.1, -0.05) is 35.3 Å². The number of halogens is 2. The van der Waals surface area contributed by atoms with Crippen molar-refractivity contribution in [2.24, 2.45) is 0 Å². The average Bonchev–Trinajstić information content (AvgIpc) is 2.49. The molecule has 0 aliphatic rings. The second-order valence-corrected chi connectivity index (χ2v) is 4.98. The number of methoxy groups -OCH3 is 1. The van der Waals surface area contributed by atoms with Crippen LogP contribution in [0.25, 0.3) is 0 Å². The van der Waals surface area contributed by atoms with Gasteiger partial charge in [0.25, 0.3) is 0 Å². The molecule has 22 heavy (non-hydrogen) atoms. The zero-order valence-electron chi connectivity index (χ0n) is 11.3. The number of hydrogen-bond acceptors (Lipinski definition) is 4. The Bertz CT molecular complexity index is 743. The van der Waals surface area contributed by atoms with E-state index in [9.17, 15) is 9.59 Å². The molecule has 2 rings (SSSR count). The lowest BCUT2D eigenvalue weighted by Crippen LogP contribution is -2.11. The third-order valence-corrected chi connectivity index (χ3v) is 3.38. The lowest BCUT2D eigenvalue weighted by atomic mass is 10.2. The van der Waals surface area contributed by atoms with Crippen LogP contribution >= 0.6 is 23.2 Å². The van der Waals surface area contributed by atoms with E-state index in [1.54, 1.807) is 18.2 Å². The monoisotopic (exact) mass is 340 g/mol. The van der Waals surface area contributed by atoms with Gasteiger partial charge in [-0.15, -0.1) is 0 Å². The van der Waals surface area contributed by atoms with Gasteiger partial charge >= 0.3 is 11.9 Å². The SMILES string of the molecule is COc1cc(C(=O)O)cc(Cl)c1OC(=O)c1ccccc1Cl. The molecular formula is C15H10Cl2O5. The maximum Gasteiger partial charge on any atom is 0.345 e. The van der Waals surface area contributed by atoms with Crippen LogP contribution in [0.2, 0.25) is 10.0 Å². The van der Waals surface area contributed by atoms with Crippen molar-refractivity contribution < 1.29 is 24.2 Å². The minimum Gasteiger partial charge on any atom is -0.493 e. The summed E-state index contributed by atoms with van der Waals surface area (Å²) in [5.74, 6) is -1.94. The molecular weight excluding hydrogens is 331 g/mol. The van der Waals surface area contributed by atoms with Crippen molar-refractivity contribution in [3.05, 3.63) is 57.6 Å². The Labute approximate surface area is 136 Å². The Morgan fingerprint density at radius 3 is 2.36 bits per heavy atom. The highest BCUT2D eigenvalue weighted by atomic mass is 35.5. The first-order valence-electron chi connectivity index (χ1n) is 6.01. The molecule has 0 aromatic heterocycles. The molecule has 0 amide bonds. The molecule has 0 radical (unpaired) electrons. The van der Waals surface area contributed by atoms with Crippen LogP contribution in [-0.4, -0.2) is 24.2 Å². The number of carboxylic acid groups (broad SMARTS) is 1. The first kappa shape index (κ1) is 16.1. The van der Waals surface area contributed by atoms with Crippen molar-refractivity contribution in [3.63, 3.8) is 0 Å². The van der Waals surface area contributed by atoms with E-state index in [0.29, 0.717) is 0 Å². The number of carboxylic acids is 1. The van der Waals surface area contributed by atoms with E-state index in [1.807, 2.05) is 0 Å². The molecule has 0 heterocycles. The summed E-state index contributed by atoms with van der Waals surface area (Å²) in [7, 11) is 1.31. The van der Waals surface area contributed by atoms with Gasteiger partial charge in [-0.3, -0.25) is 0 Å². The Balaban J connectivity index is 2.39. The molecule has 1 N–H and O–H groups in total. The molecule has 0 saturated heterocycles. The van der Waals surface area contributed by atoms with Crippen molar-refractivity contribution >= 4 is 35.1 Å². The number of esters is 1. The molecule has 0 aliphatic heterocycles. The van der Waals surface area contributed by atoms with Crippen LogP contribution in [-0.2, 0) is 0 Å². The lowest BCUT2D eigenvalue weighted by molar-refractivity contribution is 0.0696. The predicted octanol–water partition coefficient (Wildman–Crippen LogP) is 3.92. The molecule has 0 fully saturated rings. The van der Waals surface area contributed by atoms with E-state index in [4.69, 9.17) is 37.8 Å². The van der Waals surface area contributed by atoms with Crippen molar-refractivity contribution in [3.8, 4) is 11.5 Å². The maximum absolute atomic E-state index is 12.1. The van der Waals surface area contributed by atoms with E-state index in [0.717, 1.165) is 0 Å². The summed E-state index contributed by atoms with van der Waals surface area (Å²) >= 11 is 11.9. The molecule has 0 atom stereocenters. The largest absolute Gasteiger partial charge is 0.493 e. The highest BCUT2D eigenvalue weighted by Gasteiger charge is 2.20. The smallest absolute Gasteiger partial charge is 0.345 e. The standard InChI is InChI=1S/C15H10Cl2O5/c1-21-12-7-8(14(18)19)6-11(17)13(12)22-15(20)9-4-2-3-5-10(9)16/h2-7H,1H3,(H,18,19). The van der Waals surface area contributed by atoms with Crippen LogP contribution in [0.5, 0.6) is 11.5 Å². The second-order valence-electron chi connectivity index (χ2n) is 4.16. The van der Waals surface area contributed by atoms with E-state index in [1.165, 1.54) is 25.3 Å². The lowest BCUT2D eigenvalue weighted by Gasteiger charge is -2.12. The Morgan fingerprint density at radius 2 is 1.77 bits per heavy atom. The van der Waals surface area contributed by atoms with Gasteiger partial charge in [-0.05, 0) is 24.3 Å².